The molecular formula is C16H22ClN3O2. The molecule has 2 aromatic heterocycles. The minimum absolute atomic E-state index is 0.115. The third-order valence-electron chi connectivity index (χ3n) is 3.27. The summed E-state index contributed by atoms with van der Waals surface area (Å²) >= 11 is 5.98. The van der Waals surface area contributed by atoms with E-state index in [4.69, 9.17) is 16.3 Å². The SMILES string of the molecule is CCc1nc2cc(Cl)ccn2c1C(=O)NCCCOC(C)C. The van der Waals surface area contributed by atoms with Crippen LogP contribution in [0.1, 0.15) is 43.4 Å². The molecule has 0 aromatic carbocycles. The summed E-state index contributed by atoms with van der Waals surface area (Å²) in [6, 6.07) is 3.51. The van der Waals surface area contributed by atoms with Crippen LogP contribution in [0.3, 0.4) is 0 Å². The predicted octanol–water partition coefficient (Wildman–Crippen LogP) is 3.10. The lowest BCUT2D eigenvalue weighted by molar-refractivity contribution is 0.0756. The van der Waals surface area contributed by atoms with Gasteiger partial charge in [0.15, 0.2) is 0 Å². The monoisotopic (exact) mass is 323 g/mol. The topological polar surface area (TPSA) is 55.6 Å². The summed E-state index contributed by atoms with van der Waals surface area (Å²) in [6.45, 7) is 7.19. The van der Waals surface area contributed by atoms with Crippen molar-refractivity contribution in [2.75, 3.05) is 13.2 Å². The molecule has 5 nitrogen and oxygen atoms in total. The van der Waals surface area contributed by atoms with Crippen LogP contribution in [0.2, 0.25) is 5.02 Å². The zero-order valence-corrected chi connectivity index (χ0v) is 14.0. The molecule has 1 N–H and O–H groups in total. The number of pyridine rings is 1. The van der Waals surface area contributed by atoms with E-state index in [2.05, 4.69) is 10.3 Å². The molecule has 0 saturated carbocycles. The molecule has 6 heteroatoms. The quantitative estimate of drug-likeness (QED) is 0.797. The molecule has 0 aliphatic carbocycles. The number of nitrogens with one attached hydrogen (secondary N) is 1. The Morgan fingerprint density at radius 3 is 2.95 bits per heavy atom. The average Bonchev–Trinajstić information content (AvgIpc) is 2.83. The Balaban J connectivity index is 2.07. The highest BCUT2D eigenvalue weighted by atomic mass is 35.5. The maximum absolute atomic E-state index is 12.4. The van der Waals surface area contributed by atoms with Gasteiger partial charge >= 0.3 is 0 Å². The fraction of sp³-hybridized carbons (Fsp3) is 0.500. The molecule has 0 aliphatic rings. The lowest BCUT2D eigenvalue weighted by Gasteiger charge is -2.09. The summed E-state index contributed by atoms with van der Waals surface area (Å²) in [5.74, 6) is -0.115. The fourth-order valence-corrected chi connectivity index (χ4v) is 2.39. The molecule has 1 amide bonds. The number of fused-ring (bicyclic) bond motifs is 1. The highest BCUT2D eigenvalue weighted by Crippen LogP contribution is 2.17. The van der Waals surface area contributed by atoms with E-state index in [-0.39, 0.29) is 12.0 Å². The fourth-order valence-electron chi connectivity index (χ4n) is 2.23. The second-order valence-corrected chi connectivity index (χ2v) is 5.80. The van der Waals surface area contributed by atoms with Crippen molar-refractivity contribution < 1.29 is 9.53 Å². The van der Waals surface area contributed by atoms with Crippen LogP contribution in [0.15, 0.2) is 18.3 Å². The molecule has 0 radical (unpaired) electrons. The number of halogens is 1. The van der Waals surface area contributed by atoms with Crippen molar-refractivity contribution in [2.45, 2.75) is 39.7 Å². The number of aromatic nitrogens is 2. The molecule has 2 aromatic rings. The van der Waals surface area contributed by atoms with Gasteiger partial charge in [-0.05, 0) is 32.8 Å². The van der Waals surface area contributed by atoms with Gasteiger partial charge < -0.3 is 10.1 Å². The van der Waals surface area contributed by atoms with Crippen LogP contribution in [0.25, 0.3) is 5.65 Å². The van der Waals surface area contributed by atoms with Gasteiger partial charge in [-0.25, -0.2) is 4.98 Å². The largest absolute Gasteiger partial charge is 0.379 e. The number of imidazole rings is 1. The predicted molar refractivity (Wildman–Crippen MR) is 87.6 cm³/mol. The molecule has 0 aliphatic heterocycles. The zero-order chi connectivity index (χ0) is 16.1. The second-order valence-electron chi connectivity index (χ2n) is 5.36. The summed E-state index contributed by atoms with van der Waals surface area (Å²) in [4.78, 5) is 16.9. The van der Waals surface area contributed by atoms with Gasteiger partial charge in [0, 0.05) is 30.4 Å². The van der Waals surface area contributed by atoms with Crippen molar-refractivity contribution in [1.82, 2.24) is 14.7 Å². The van der Waals surface area contributed by atoms with Crippen molar-refractivity contribution in [3.8, 4) is 0 Å². The van der Waals surface area contributed by atoms with E-state index < -0.39 is 0 Å². The Morgan fingerprint density at radius 2 is 2.27 bits per heavy atom. The Kier molecular flexibility index (Phi) is 5.80. The Hall–Kier alpha value is -1.59. The van der Waals surface area contributed by atoms with Gasteiger partial charge in [-0.3, -0.25) is 9.20 Å². The Labute approximate surface area is 135 Å². The molecule has 0 spiro atoms. The first-order valence-electron chi connectivity index (χ1n) is 7.59. The van der Waals surface area contributed by atoms with Crippen LogP contribution in [0, 0.1) is 0 Å². The van der Waals surface area contributed by atoms with Crippen LogP contribution in [-0.2, 0) is 11.2 Å². The summed E-state index contributed by atoms with van der Waals surface area (Å²) in [5.41, 5.74) is 2.05. The van der Waals surface area contributed by atoms with Crippen LogP contribution in [0.5, 0.6) is 0 Å². The van der Waals surface area contributed by atoms with E-state index in [9.17, 15) is 4.79 Å². The number of nitrogens with zero attached hydrogens (tertiary/aromatic N) is 2. The minimum atomic E-state index is -0.115. The van der Waals surface area contributed by atoms with Gasteiger partial charge in [-0.2, -0.15) is 0 Å². The Morgan fingerprint density at radius 1 is 1.50 bits per heavy atom. The molecule has 2 heterocycles. The van der Waals surface area contributed by atoms with E-state index in [1.807, 2.05) is 20.8 Å². The standard InChI is InChI=1S/C16H22ClN3O2/c1-4-13-15(16(21)18-7-5-9-22-11(2)3)20-8-6-12(17)10-14(20)19-13/h6,8,10-11H,4-5,7,9H2,1-3H3,(H,18,21). The summed E-state index contributed by atoms with van der Waals surface area (Å²) in [5, 5.41) is 3.54. The molecule has 0 fully saturated rings. The van der Waals surface area contributed by atoms with E-state index in [1.54, 1.807) is 22.7 Å². The number of carbonyl (C=O) groups is 1. The zero-order valence-electron chi connectivity index (χ0n) is 13.2. The van der Waals surface area contributed by atoms with Gasteiger partial charge in [-0.15, -0.1) is 0 Å². The summed E-state index contributed by atoms with van der Waals surface area (Å²) < 4.78 is 7.24. The van der Waals surface area contributed by atoms with Gasteiger partial charge in [0.25, 0.3) is 5.91 Å². The number of rotatable bonds is 7. The van der Waals surface area contributed by atoms with Crippen LogP contribution < -0.4 is 5.32 Å². The van der Waals surface area contributed by atoms with Gasteiger partial charge in [0.05, 0.1) is 11.8 Å². The van der Waals surface area contributed by atoms with Crippen LogP contribution >= 0.6 is 11.6 Å². The molecule has 2 rings (SSSR count). The molecule has 120 valence electrons. The average molecular weight is 324 g/mol. The Bertz CT molecular complexity index is 652. The van der Waals surface area contributed by atoms with E-state index in [0.29, 0.717) is 35.9 Å². The van der Waals surface area contributed by atoms with E-state index >= 15 is 0 Å². The molecule has 22 heavy (non-hydrogen) atoms. The number of aryl methyl sites for hydroxylation is 1. The first-order valence-corrected chi connectivity index (χ1v) is 7.97. The third kappa shape index (κ3) is 3.99. The van der Waals surface area contributed by atoms with Gasteiger partial charge in [0.2, 0.25) is 0 Å². The minimum Gasteiger partial charge on any atom is -0.379 e. The van der Waals surface area contributed by atoms with Crippen molar-refractivity contribution in [1.29, 1.82) is 0 Å². The van der Waals surface area contributed by atoms with Crippen molar-refractivity contribution >= 4 is 23.2 Å². The van der Waals surface area contributed by atoms with E-state index in [1.165, 1.54) is 0 Å². The lowest BCUT2D eigenvalue weighted by atomic mass is 10.2. The van der Waals surface area contributed by atoms with Crippen molar-refractivity contribution in [3.63, 3.8) is 0 Å². The van der Waals surface area contributed by atoms with Crippen LogP contribution in [-0.4, -0.2) is 34.5 Å². The van der Waals surface area contributed by atoms with Crippen molar-refractivity contribution in [2.24, 2.45) is 0 Å². The molecule has 0 atom stereocenters. The molecule has 0 saturated heterocycles. The highest BCUT2D eigenvalue weighted by Gasteiger charge is 2.17. The molecular weight excluding hydrogens is 302 g/mol. The maximum Gasteiger partial charge on any atom is 0.270 e. The third-order valence-corrected chi connectivity index (χ3v) is 3.50. The summed E-state index contributed by atoms with van der Waals surface area (Å²) in [6.07, 6.45) is 3.47. The summed E-state index contributed by atoms with van der Waals surface area (Å²) in [7, 11) is 0. The number of ether oxygens (including phenoxy) is 1. The number of hydrogen-bond donors (Lipinski definition) is 1. The van der Waals surface area contributed by atoms with E-state index in [0.717, 1.165) is 12.1 Å². The molecule has 0 unspecified atom stereocenters. The normalized spacial score (nSPS) is 11.3. The first-order chi connectivity index (χ1) is 10.5. The maximum atomic E-state index is 12.4. The lowest BCUT2D eigenvalue weighted by Crippen LogP contribution is -2.27. The van der Waals surface area contributed by atoms with Gasteiger partial charge in [-0.1, -0.05) is 18.5 Å². The number of amides is 1. The molecule has 0 bridgehead atoms. The first kappa shape index (κ1) is 16.8. The van der Waals surface area contributed by atoms with Gasteiger partial charge in [0.1, 0.15) is 11.3 Å². The smallest absolute Gasteiger partial charge is 0.270 e. The highest BCUT2D eigenvalue weighted by molar-refractivity contribution is 6.30. The number of hydrogen-bond acceptors (Lipinski definition) is 3. The van der Waals surface area contributed by atoms with Crippen LogP contribution in [0.4, 0.5) is 0 Å². The second kappa shape index (κ2) is 7.61. The van der Waals surface area contributed by atoms with Crippen molar-refractivity contribution in [3.05, 3.63) is 34.7 Å². The number of carbonyl (C=O) groups excluding carboxylic acids is 1.